The number of benzene rings is 5. The van der Waals surface area contributed by atoms with Crippen LogP contribution in [0.15, 0.2) is 127 Å². The van der Waals surface area contributed by atoms with Crippen LogP contribution in [0.3, 0.4) is 0 Å². The van der Waals surface area contributed by atoms with E-state index >= 15 is 0 Å². The van der Waals surface area contributed by atoms with Crippen LogP contribution in [0.2, 0.25) is 0 Å². The molecule has 2 amide bonds. The normalized spacial score (nSPS) is 15.3. The number of aliphatic hydroxyl groups excluding tert-OH is 1. The molecule has 2 aliphatic heterocycles. The third kappa shape index (κ3) is 18.7. The van der Waals surface area contributed by atoms with Gasteiger partial charge < -0.3 is 39.4 Å². The molecule has 0 bridgehead atoms. The van der Waals surface area contributed by atoms with Gasteiger partial charge in [0.1, 0.15) is 35.8 Å². The zero-order valence-corrected chi connectivity index (χ0v) is 63.4. The van der Waals surface area contributed by atoms with Crippen LogP contribution in [0, 0.1) is 40.0 Å². The number of aromatic hydroxyl groups is 1. The first-order valence-electron chi connectivity index (χ1n) is 34.6. The lowest BCUT2D eigenvalue weighted by Gasteiger charge is -2.27. The Hall–Kier alpha value is -9.99. The van der Waals surface area contributed by atoms with Crippen molar-refractivity contribution in [3.8, 4) is 28.6 Å². The molecule has 556 valence electrons. The Balaban J connectivity index is 0.000000176. The number of para-hydroxylation sites is 1. The largest absolute Gasteiger partial charge is 0.511 e. The highest BCUT2D eigenvalue weighted by molar-refractivity contribution is 7.91. The summed E-state index contributed by atoms with van der Waals surface area (Å²) in [5.41, 5.74) is 11.8. The summed E-state index contributed by atoms with van der Waals surface area (Å²) in [4.78, 5) is 86.1. The number of ketones is 2. The molecule has 5 aromatic carbocycles. The van der Waals surface area contributed by atoms with E-state index in [1.807, 2.05) is 39.3 Å². The minimum absolute atomic E-state index is 0.0204. The number of fused-ring (bicyclic) bond motifs is 1. The number of aromatic nitrogens is 4. The average Bonchev–Trinajstić information content (AvgIpc) is 1.56. The van der Waals surface area contributed by atoms with E-state index in [0.29, 0.717) is 110 Å². The summed E-state index contributed by atoms with van der Waals surface area (Å²) in [6, 6.07) is 23.3. The number of carbonyl (C=O) groups is 5. The van der Waals surface area contributed by atoms with Gasteiger partial charge in [0, 0.05) is 55.3 Å². The second-order valence-corrected chi connectivity index (χ2v) is 30.5. The number of Topliss-reactive ketones (excluding diaryl/α,β-unsaturated/α-hetero) is 1. The fourth-order valence-electron chi connectivity index (χ4n) is 12.7. The molecule has 0 saturated heterocycles. The second-order valence-electron chi connectivity index (χ2n) is 26.9. The fraction of sp³-hybridized carbons (Fsp3) is 0.416. The van der Waals surface area contributed by atoms with Crippen LogP contribution in [0.1, 0.15) is 180 Å². The smallest absolute Gasteiger partial charge is 0.317 e. The number of amides is 2. The number of hydrogen-bond donors (Lipinski definition) is 4. The van der Waals surface area contributed by atoms with Gasteiger partial charge in [-0.05, 0) is 188 Å². The number of ether oxygens (including phenoxy) is 3. The van der Waals surface area contributed by atoms with Crippen molar-refractivity contribution in [2.75, 3.05) is 39.8 Å². The average molecular weight is 1470 g/mol. The SMILES string of the molecule is CCO/N=C(\CC)C1=C(O)CC(c2c(C)cc(C)cc2C)CC1=O.CCc1cc(C)cc(CC)c1-c1c(OC(=O)C(C)(C)C)n2n(c1=O)CCOCC2.COc1ccccc1C(=O)NS(=O)(=O)c1ccc(C(=O)NC2CC2)cc1.Cc1c(C(=O)c2cnn(C)c2O)ccc(S(C)(=O)=O)c1C1=NOCC1. The van der Waals surface area contributed by atoms with E-state index in [1.165, 1.54) is 95.3 Å². The van der Waals surface area contributed by atoms with E-state index in [4.69, 9.17) is 23.9 Å². The van der Waals surface area contributed by atoms with Crippen LogP contribution < -0.4 is 25.1 Å². The van der Waals surface area contributed by atoms with Gasteiger partial charge in [-0.1, -0.05) is 78.6 Å². The number of oxime groups is 2. The Labute approximate surface area is 607 Å². The first-order chi connectivity index (χ1) is 49.2. The molecule has 7 aromatic rings. The number of allylic oxidation sites excluding steroid dienone is 2. The summed E-state index contributed by atoms with van der Waals surface area (Å²) in [6.45, 7) is 26.0. The van der Waals surface area contributed by atoms with Crippen LogP contribution in [0.4, 0.5) is 0 Å². The van der Waals surface area contributed by atoms with Gasteiger partial charge in [0.15, 0.2) is 21.4 Å². The zero-order valence-electron chi connectivity index (χ0n) is 61.7. The lowest BCUT2D eigenvalue weighted by atomic mass is 9.78. The molecule has 1 unspecified atom stereocenters. The molecule has 1 fully saturated rings. The monoisotopic (exact) mass is 1470 g/mol. The van der Waals surface area contributed by atoms with Crippen LogP contribution in [-0.2, 0) is 76.8 Å². The predicted molar refractivity (Wildman–Crippen MR) is 394 cm³/mol. The molecule has 4 aliphatic rings. The molecule has 2 aliphatic carbocycles. The molecule has 4 N–H and O–H groups in total. The molecule has 0 spiro atoms. The summed E-state index contributed by atoms with van der Waals surface area (Å²) in [5, 5.41) is 35.1. The summed E-state index contributed by atoms with van der Waals surface area (Å²) in [7, 11) is -4.68. The number of carbonyl (C=O) groups excluding carboxylic acids is 5. The summed E-state index contributed by atoms with van der Waals surface area (Å²) < 4.78 is 72.3. The first kappa shape index (κ1) is 79.7. The fourth-order valence-corrected chi connectivity index (χ4v) is 14.6. The Kier molecular flexibility index (Phi) is 26.1. The molecule has 4 heterocycles. The van der Waals surface area contributed by atoms with Crippen LogP contribution >= 0.6 is 0 Å². The highest BCUT2D eigenvalue weighted by atomic mass is 32.2. The number of hydrogen-bond acceptors (Lipinski definition) is 20. The molecule has 0 radical (unpaired) electrons. The van der Waals surface area contributed by atoms with E-state index in [9.17, 15) is 55.8 Å². The quantitative estimate of drug-likeness (QED) is 0.0253. The Morgan fingerprint density at radius 1 is 0.750 bits per heavy atom. The van der Waals surface area contributed by atoms with Crippen LogP contribution in [0.5, 0.6) is 17.5 Å². The highest BCUT2D eigenvalue weighted by Crippen LogP contribution is 2.40. The van der Waals surface area contributed by atoms with E-state index in [1.54, 1.807) is 34.5 Å². The van der Waals surface area contributed by atoms with E-state index in [-0.39, 0.29) is 79.0 Å². The van der Waals surface area contributed by atoms with Gasteiger partial charge in [0.2, 0.25) is 11.8 Å². The number of rotatable bonds is 19. The first-order valence-corrected chi connectivity index (χ1v) is 37.9. The number of aliphatic hydroxyl groups is 1. The van der Waals surface area contributed by atoms with Crippen molar-refractivity contribution in [2.45, 2.75) is 169 Å². The van der Waals surface area contributed by atoms with Gasteiger partial charge in [-0.25, -0.2) is 35.6 Å². The van der Waals surface area contributed by atoms with Gasteiger partial charge in [0.25, 0.3) is 27.4 Å². The molecule has 11 rings (SSSR count). The van der Waals surface area contributed by atoms with Gasteiger partial charge in [0.05, 0.1) is 77.4 Å². The third-order valence-electron chi connectivity index (χ3n) is 17.9. The molecular formula is C77H94N8O17S2. The van der Waals surface area contributed by atoms with Crippen molar-refractivity contribution in [1.82, 2.24) is 29.2 Å². The number of sulfone groups is 1. The topological polar surface area (TPSA) is 334 Å². The van der Waals surface area contributed by atoms with Crippen molar-refractivity contribution >= 4 is 60.6 Å². The molecule has 25 nitrogen and oxygen atoms in total. The lowest BCUT2D eigenvalue weighted by molar-refractivity contribution is -0.143. The maximum absolute atomic E-state index is 13.5. The maximum Gasteiger partial charge on any atom is 0.317 e. The molecule has 2 aromatic heterocycles. The van der Waals surface area contributed by atoms with E-state index in [2.05, 4.69) is 86.5 Å². The maximum atomic E-state index is 13.5. The van der Waals surface area contributed by atoms with Gasteiger partial charge in [-0.15, -0.1) is 0 Å². The van der Waals surface area contributed by atoms with Crippen molar-refractivity contribution in [2.24, 2.45) is 22.8 Å². The number of aryl methyl sites for hydroxylation is 7. The molecule has 104 heavy (non-hydrogen) atoms. The Morgan fingerprint density at radius 3 is 1.91 bits per heavy atom. The highest BCUT2D eigenvalue weighted by Gasteiger charge is 2.36. The second kappa shape index (κ2) is 34.1. The van der Waals surface area contributed by atoms with Crippen molar-refractivity contribution in [3.63, 3.8) is 0 Å². The number of nitrogens with one attached hydrogen (secondary N) is 2. The van der Waals surface area contributed by atoms with Crippen LogP contribution in [0.25, 0.3) is 11.1 Å². The Morgan fingerprint density at radius 2 is 1.38 bits per heavy atom. The van der Waals surface area contributed by atoms with Gasteiger partial charge in [-0.2, -0.15) is 5.10 Å². The van der Waals surface area contributed by atoms with Gasteiger partial charge >= 0.3 is 5.97 Å². The van der Waals surface area contributed by atoms with E-state index < -0.39 is 37.0 Å². The molecule has 1 saturated carbocycles. The zero-order chi connectivity index (χ0) is 76.3. The van der Waals surface area contributed by atoms with E-state index in [0.717, 1.165) is 48.6 Å². The number of methoxy groups -OCH3 is 1. The standard InChI is InChI=1S/C23H32N2O4.C20H27NO3.C18H18N2O5S.C16H17N3O5S/c1-7-16-13-15(3)14-17(8-2)18(16)19-20(26)24-9-11-28-12-10-25(24)21(19)29-22(27)23(4,5)6;1-6-16(21-24-7-2)20-17(22)10-15(11-18(20)23)19-13(4)8-12(3)9-14(19)5;1-25-16-5-3-2-4-15(16)18(22)20-26(23,24)14-10-6-12(7-11-14)17(21)19-13-8-9-13;1-9-10(15(20)11-8-17-19(2)16(11)21)4-5-13(25(3,22)23)14(9)12-6-7-24-18-12/h13-14H,7-12H2,1-6H3;8-9,15,22H,6-7,10-11H2,1-5H3;2-7,10-11,13H,8-9H2,1H3,(H,19,21)(H,20,22);4-5,8,21H,6-7H2,1-3H3/b;21-16+;;. The number of sulfonamides is 1. The molecular weight excluding hydrogens is 1370 g/mol. The Bertz CT molecular complexity index is 4770. The molecule has 27 heteroatoms. The van der Waals surface area contributed by atoms with Crippen LogP contribution in [-0.4, -0.2) is 133 Å². The summed E-state index contributed by atoms with van der Waals surface area (Å²) in [6.07, 6.45) is 7.78. The lowest BCUT2D eigenvalue weighted by Crippen LogP contribution is -2.31. The number of nitrogens with zero attached hydrogens (tertiary/aromatic N) is 6. The number of esters is 1. The van der Waals surface area contributed by atoms with Gasteiger partial charge in [-0.3, -0.25) is 28.8 Å². The summed E-state index contributed by atoms with van der Waals surface area (Å²) in [5.74, 6) is -1.36. The third-order valence-corrected chi connectivity index (χ3v) is 20.4. The predicted octanol–water partition coefficient (Wildman–Crippen LogP) is 11.3. The molecule has 1 atom stereocenters. The van der Waals surface area contributed by atoms with Crippen molar-refractivity contribution in [1.29, 1.82) is 0 Å². The minimum atomic E-state index is -4.07. The summed E-state index contributed by atoms with van der Waals surface area (Å²) >= 11 is 0. The van der Waals surface area contributed by atoms with Crippen molar-refractivity contribution < 1.29 is 74.9 Å². The minimum Gasteiger partial charge on any atom is -0.511 e. The van der Waals surface area contributed by atoms with Crippen molar-refractivity contribution in [3.05, 3.63) is 185 Å².